The van der Waals surface area contributed by atoms with Crippen LogP contribution in [0, 0.1) is 6.92 Å². The lowest BCUT2D eigenvalue weighted by Crippen LogP contribution is -2.56. The molecule has 10 nitrogen and oxygen atoms in total. The maximum Gasteiger partial charge on any atom is 0.277 e. The lowest BCUT2D eigenvalue weighted by molar-refractivity contribution is 0.0455. The third-order valence-corrected chi connectivity index (χ3v) is 7.03. The Balaban J connectivity index is 1.62. The van der Waals surface area contributed by atoms with Crippen LogP contribution in [0.4, 0.5) is 0 Å². The minimum absolute atomic E-state index is 0.0800. The van der Waals surface area contributed by atoms with Gasteiger partial charge in [0.2, 0.25) is 5.43 Å². The lowest BCUT2D eigenvalue weighted by atomic mass is 10.1. The minimum Gasteiger partial charge on any atom is -0.502 e. The van der Waals surface area contributed by atoms with Gasteiger partial charge in [-0.1, -0.05) is 23.8 Å². The number of carbonyl (C=O) groups excluding carboxylic acids is 2. The van der Waals surface area contributed by atoms with Crippen molar-refractivity contribution in [2.45, 2.75) is 38.8 Å². The van der Waals surface area contributed by atoms with E-state index in [2.05, 4.69) is 14.6 Å². The van der Waals surface area contributed by atoms with Crippen molar-refractivity contribution in [2.75, 3.05) is 45.1 Å². The summed E-state index contributed by atoms with van der Waals surface area (Å²) in [6.07, 6.45) is 3.70. The molecule has 194 valence electrons. The molecular weight excluding hydrogens is 483 g/mol. The largest absolute Gasteiger partial charge is 0.502 e. The van der Waals surface area contributed by atoms with E-state index in [9.17, 15) is 19.5 Å². The number of aromatic nitrogens is 1. The van der Waals surface area contributed by atoms with Crippen LogP contribution in [0.3, 0.4) is 0 Å². The van der Waals surface area contributed by atoms with Crippen molar-refractivity contribution in [3.05, 3.63) is 57.0 Å². The van der Waals surface area contributed by atoms with Gasteiger partial charge in [-0.05, 0) is 37.1 Å². The van der Waals surface area contributed by atoms with Gasteiger partial charge in [-0.3, -0.25) is 24.1 Å². The predicted molar refractivity (Wildman–Crippen MR) is 139 cm³/mol. The fraction of sp³-hybridized carbons (Fsp3) is 0.480. The molecule has 2 aliphatic rings. The Morgan fingerprint density at radius 1 is 1.33 bits per heavy atom. The van der Waals surface area contributed by atoms with Crippen molar-refractivity contribution in [1.29, 1.82) is 0 Å². The number of methoxy groups -OCH3 is 1. The molecule has 36 heavy (non-hydrogen) atoms. The fourth-order valence-electron chi connectivity index (χ4n) is 4.54. The van der Waals surface area contributed by atoms with Gasteiger partial charge < -0.3 is 24.8 Å². The van der Waals surface area contributed by atoms with E-state index in [4.69, 9.17) is 9.47 Å². The summed E-state index contributed by atoms with van der Waals surface area (Å²) in [7, 11) is 4.24. The molecule has 11 heteroatoms. The summed E-state index contributed by atoms with van der Waals surface area (Å²) in [5.41, 5.74) is 0.731. The van der Waals surface area contributed by atoms with Crippen molar-refractivity contribution in [3.8, 4) is 5.75 Å². The number of nitrogens with zero attached hydrogens (tertiary/aromatic N) is 3. The molecule has 1 fully saturated rings. The molecule has 2 atom stereocenters. The summed E-state index contributed by atoms with van der Waals surface area (Å²) in [6, 6.07) is 5.84. The van der Waals surface area contributed by atoms with E-state index in [0.717, 1.165) is 29.3 Å². The molecule has 2 aliphatic heterocycles. The van der Waals surface area contributed by atoms with Crippen LogP contribution in [0.1, 0.15) is 51.2 Å². The summed E-state index contributed by atoms with van der Waals surface area (Å²) in [5.74, 6) is -1.83. The van der Waals surface area contributed by atoms with Crippen LogP contribution in [0.25, 0.3) is 0 Å². The van der Waals surface area contributed by atoms with Crippen LogP contribution in [-0.2, 0) is 16.0 Å². The lowest BCUT2D eigenvalue weighted by Gasteiger charge is -2.40. The first-order valence-corrected chi connectivity index (χ1v) is 12.6. The molecule has 1 saturated heterocycles. The molecule has 3 heterocycles. The summed E-state index contributed by atoms with van der Waals surface area (Å²) in [5, 5.41) is 16.4. The highest BCUT2D eigenvalue weighted by atomic mass is 31.0. The SMILES string of the molecule is COCCCN1CN(CC2CCCO2)C(=O)c2c(O)c(=O)c(C(=O)NCc3ccc(C)cc3P)cn21. The summed E-state index contributed by atoms with van der Waals surface area (Å²) in [6.45, 7) is 4.44. The second-order valence-electron chi connectivity index (χ2n) is 9.18. The number of pyridine rings is 1. The van der Waals surface area contributed by atoms with Crippen LogP contribution < -0.4 is 21.1 Å². The maximum atomic E-state index is 13.3. The van der Waals surface area contributed by atoms with Crippen LogP contribution in [0.15, 0.2) is 29.2 Å². The number of carbonyl (C=O) groups is 2. The molecule has 2 amide bonds. The molecular formula is C25H33N4O6P. The van der Waals surface area contributed by atoms with E-state index in [0.29, 0.717) is 32.7 Å². The number of aryl methyl sites for hydroxylation is 1. The van der Waals surface area contributed by atoms with Crippen molar-refractivity contribution < 1.29 is 24.2 Å². The number of hydrogen-bond acceptors (Lipinski definition) is 7. The highest BCUT2D eigenvalue weighted by Gasteiger charge is 2.35. The second kappa shape index (κ2) is 11.4. The fourth-order valence-corrected chi connectivity index (χ4v) is 5.00. The van der Waals surface area contributed by atoms with E-state index < -0.39 is 23.0 Å². The van der Waals surface area contributed by atoms with Crippen LogP contribution in [0.2, 0.25) is 0 Å². The first-order chi connectivity index (χ1) is 17.3. The molecule has 4 rings (SSSR count). The summed E-state index contributed by atoms with van der Waals surface area (Å²) in [4.78, 5) is 40.9. The average Bonchev–Trinajstić information content (AvgIpc) is 3.36. The molecule has 1 aromatic carbocycles. The van der Waals surface area contributed by atoms with Crippen LogP contribution in [-0.4, -0.2) is 72.7 Å². The van der Waals surface area contributed by atoms with Gasteiger partial charge in [-0.15, -0.1) is 9.24 Å². The zero-order valence-electron chi connectivity index (χ0n) is 20.7. The molecule has 2 aromatic rings. The Labute approximate surface area is 212 Å². The quantitative estimate of drug-likeness (QED) is 0.376. The predicted octanol–water partition coefficient (Wildman–Crippen LogP) is 0.860. The number of rotatable bonds is 9. The van der Waals surface area contributed by atoms with Crippen molar-refractivity contribution >= 4 is 26.4 Å². The summed E-state index contributed by atoms with van der Waals surface area (Å²) >= 11 is 0. The molecule has 2 N–H and O–H groups in total. The van der Waals surface area contributed by atoms with E-state index in [1.807, 2.05) is 30.1 Å². The molecule has 2 unspecified atom stereocenters. The number of hydrogen-bond donors (Lipinski definition) is 2. The minimum atomic E-state index is -0.877. The Morgan fingerprint density at radius 2 is 2.14 bits per heavy atom. The van der Waals surface area contributed by atoms with E-state index in [-0.39, 0.29) is 30.6 Å². The highest BCUT2D eigenvalue weighted by molar-refractivity contribution is 7.27. The standard InChI is InChI=1S/C25H33N4O6P/c1-16-6-7-17(20(36)11-16)12-26-24(32)19-14-29-21(23(31)22(19)30)25(33)27(13-18-5-3-10-35-18)15-28(29)8-4-9-34-2/h6-7,11,14,18,31H,3-5,8-10,12-13,15,36H2,1-2H3,(H,26,32). The molecule has 1 aromatic heterocycles. The van der Waals surface area contributed by atoms with E-state index in [1.165, 1.54) is 10.9 Å². The third-order valence-electron chi connectivity index (χ3n) is 6.49. The van der Waals surface area contributed by atoms with Gasteiger partial charge in [0, 0.05) is 46.2 Å². The third kappa shape index (κ3) is 5.56. The zero-order chi connectivity index (χ0) is 25.8. The Bertz CT molecular complexity index is 1190. The highest BCUT2D eigenvalue weighted by Crippen LogP contribution is 2.23. The number of benzene rings is 1. The normalized spacial score (nSPS) is 17.4. The molecule has 0 spiro atoms. The van der Waals surface area contributed by atoms with Gasteiger partial charge in [-0.25, -0.2) is 0 Å². The first kappa shape index (κ1) is 26.1. The van der Waals surface area contributed by atoms with Gasteiger partial charge in [-0.2, -0.15) is 0 Å². The van der Waals surface area contributed by atoms with E-state index >= 15 is 0 Å². The molecule has 0 radical (unpaired) electrons. The molecule has 0 saturated carbocycles. The number of ether oxygens (including phenoxy) is 2. The summed E-state index contributed by atoms with van der Waals surface area (Å²) < 4.78 is 12.3. The van der Waals surface area contributed by atoms with Gasteiger partial charge in [0.05, 0.1) is 6.10 Å². The zero-order valence-corrected chi connectivity index (χ0v) is 21.8. The van der Waals surface area contributed by atoms with Crippen molar-refractivity contribution in [2.24, 2.45) is 0 Å². The van der Waals surface area contributed by atoms with Crippen LogP contribution in [0.5, 0.6) is 5.75 Å². The number of nitrogens with one attached hydrogen (secondary N) is 1. The molecule has 0 aliphatic carbocycles. The van der Waals surface area contributed by atoms with E-state index in [1.54, 1.807) is 12.0 Å². The Hall–Kier alpha value is -2.94. The maximum absolute atomic E-state index is 13.3. The number of aromatic hydroxyl groups is 1. The van der Waals surface area contributed by atoms with Gasteiger partial charge in [0.25, 0.3) is 11.8 Å². The monoisotopic (exact) mass is 516 g/mol. The first-order valence-electron chi connectivity index (χ1n) is 12.1. The second-order valence-corrected chi connectivity index (χ2v) is 9.80. The number of fused-ring (bicyclic) bond motifs is 1. The van der Waals surface area contributed by atoms with Gasteiger partial charge in [0.15, 0.2) is 11.4 Å². The van der Waals surface area contributed by atoms with Gasteiger partial charge >= 0.3 is 0 Å². The van der Waals surface area contributed by atoms with Gasteiger partial charge in [0.1, 0.15) is 12.2 Å². The average molecular weight is 517 g/mol. The smallest absolute Gasteiger partial charge is 0.277 e. The topological polar surface area (TPSA) is 113 Å². The van der Waals surface area contributed by atoms with Crippen molar-refractivity contribution in [3.63, 3.8) is 0 Å². The van der Waals surface area contributed by atoms with Crippen LogP contribution >= 0.6 is 9.24 Å². The van der Waals surface area contributed by atoms with Crippen molar-refractivity contribution in [1.82, 2.24) is 14.9 Å². The Morgan fingerprint density at radius 3 is 2.83 bits per heavy atom. The number of amides is 2. The Kier molecular flexibility index (Phi) is 8.28. The molecule has 0 bridgehead atoms.